The number of hydrogen-bond acceptors (Lipinski definition) is 6. The lowest BCUT2D eigenvalue weighted by molar-refractivity contribution is 0.0372. The summed E-state index contributed by atoms with van der Waals surface area (Å²) < 4.78 is 5.82. The summed E-state index contributed by atoms with van der Waals surface area (Å²) in [5.74, 6) is -0.435. The van der Waals surface area contributed by atoms with Crippen molar-refractivity contribution < 1.29 is 9.53 Å². The summed E-state index contributed by atoms with van der Waals surface area (Å²) >= 11 is 3.04. The van der Waals surface area contributed by atoms with Gasteiger partial charge < -0.3 is 4.74 Å². The van der Waals surface area contributed by atoms with Gasteiger partial charge in [0.25, 0.3) is 0 Å². The maximum atomic E-state index is 12.7. The topological polar surface area (TPSA) is 52.1 Å². The van der Waals surface area contributed by atoms with Crippen LogP contribution < -0.4 is 0 Å². The number of ether oxygens (including phenoxy) is 1. The van der Waals surface area contributed by atoms with E-state index in [9.17, 15) is 4.79 Å². The Bertz CT molecular complexity index is 944. The van der Waals surface area contributed by atoms with Crippen LogP contribution in [0.5, 0.6) is 0 Å². The van der Waals surface area contributed by atoms with Gasteiger partial charge in [0.2, 0.25) is 0 Å². The zero-order valence-electron chi connectivity index (χ0n) is 13.6. The second kappa shape index (κ2) is 7.59. The average Bonchev–Trinajstić information content (AvgIpc) is 3.39. The van der Waals surface area contributed by atoms with Crippen molar-refractivity contribution in [1.29, 1.82) is 0 Å². The number of pyridine rings is 1. The summed E-state index contributed by atoms with van der Waals surface area (Å²) in [5, 5.41) is 4.56. The Morgan fingerprint density at radius 2 is 1.69 bits per heavy atom. The van der Waals surface area contributed by atoms with Crippen LogP contribution in [-0.4, -0.2) is 15.9 Å². The Hall–Kier alpha value is -2.83. The van der Waals surface area contributed by atoms with Crippen molar-refractivity contribution in [2.24, 2.45) is 0 Å². The molecule has 0 aliphatic heterocycles. The van der Waals surface area contributed by atoms with Gasteiger partial charge in [0.1, 0.15) is 5.01 Å². The van der Waals surface area contributed by atoms with Crippen molar-refractivity contribution in [3.8, 4) is 9.88 Å². The fourth-order valence-corrected chi connectivity index (χ4v) is 4.15. The Kier molecular flexibility index (Phi) is 4.86. The summed E-state index contributed by atoms with van der Waals surface area (Å²) in [5.41, 5.74) is 2.10. The maximum absolute atomic E-state index is 12.7. The second-order valence-corrected chi connectivity index (χ2v) is 7.30. The molecule has 0 N–H and O–H groups in total. The molecule has 0 aliphatic rings. The van der Waals surface area contributed by atoms with Crippen LogP contribution in [0.3, 0.4) is 0 Å². The minimum absolute atomic E-state index is 0.327. The van der Waals surface area contributed by atoms with Gasteiger partial charge in [0, 0.05) is 23.3 Å². The summed E-state index contributed by atoms with van der Waals surface area (Å²) in [6.07, 6.45) is 2.88. The zero-order valence-corrected chi connectivity index (χ0v) is 15.2. The Morgan fingerprint density at radius 1 is 0.923 bits per heavy atom. The van der Waals surface area contributed by atoms with Gasteiger partial charge in [0.15, 0.2) is 11.8 Å². The largest absolute Gasteiger partial charge is 0.448 e. The molecule has 0 bridgehead atoms. The van der Waals surface area contributed by atoms with E-state index in [-0.39, 0.29) is 0 Å². The highest BCUT2D eigenvalue weighted by Crippen LogP contribution is 2.30. The van der Waals surface area contributed by atoms with E-state index in [0.29, 0.717) is 5.69 Å². The van der Waals surface area contributed by atoms with Gasteiger partial charge in [-0.3, -0.25) is 4.98 Å². The van der Waals surface area contributed by atoms with Crippen molar-refractivity contribution in [2.45, 2.75) is 6.10 Å². The van der Waals surface area contributed by atoms with E-state index in [1.165, 1.54) is 11.3 Å². The lowest BCUT2D eigenvalue weighted by atomic mass is 10.0. The Balaban J connectivity index is 1.61. The molecule has 1 unspecified atom stereocenters. The first kappa shape index (κ1) is 16.6. The quantitative estimate of drug-likeness (QED) is 0.447. The number of rotatable bonds is 5. The second-order valence-electron chi connectivity index (χ2n) is 5.49. The third kappa shape index (κ3) is 3.56. The number of carbonyl (C=O) groups is 1. The molecule has 128 valence electrons. The number of thiazole rings is 1. The lowest BCUT2D eigenvalue weighted by Crippen LogP contribution is -2.13. The molecule has 0 saturated heterocycles. The standard InChI is InChI=1S/C20H14N2O2S2/c23-20(16-13-26-19(22-16)17-7-4-12-25-17)24-18(14-5-2-1-3-6-14)15-8-10-21-11-9-15/h1-13,18H. The lowest BCUT2D eigenvalue weighted by Gasteiger charge is -2.18. The third-order valence-corrected chi connectivity index (χ3v) is 5.66. The van der Waals surface area contributed by atoms with Crippen LogP contribution in [0.15, 0.2) is 77.8 Å². The highest BCUT2D eigenvalue weighted by atomic mass is 32.1. The first-order chi connectivity index (χ1) is 12.8. The van der Waals surface area contributed by atoms with Gasteiger partial charge in [-0.1, -0.05) is 36.4 Å². The number of aromatic nitrogens is 2. The predicted molar refractivity (Wildman–Crippen MR) is 103 cm³/mol. The molecule has 3 heterocycles. The molecule has 0 fully saturated rings. The number of thiophene rings is 1. The van der Waals surface area contributed by atoms with Crippen molar-refractivity contribution >= 4 is 28.6 Å². The van der Waals surface area contributed by atoms with Crippen molar-refractivity contribution in [2.75, 3.05) is 0 Å². The molecule has 0 amide bonds. The molecule has 3 aromatic heterocycles. The van der Waals surface area contributed by atoms with Gasteiger partial charge >= 0.3 is 5.97 Å². The van der Waals surface area contributed by atoms with Crippen molar-refractivity contribution in [1.82, 2.24) is 9.97 Å². The molecular formula is C20H14N2O2S2. The van der Waals surface area contributed by atoms with Gasteiger partial charge in [0.05, 0.1) is 4.88 Å². The van der Waals surface area contributed by atoms with Gasteiger partial charge in [-0.2, -0.15) is 0 Å². The molecule has 1 aromatic carbocycles. The third-order valence-electron chi connectivity index (χ3n) is 3.78. The van der Waals surface area contributed by atoms with E-state index in [1.807, 2.05) is 60.0 Å². The first-order valence-corrected chi connectivity index (χ1v) is 9.72. The predicted octanol–water partition coefficient (Wildman–Crippen LogP) is 5.21. The van der Waals surface area contributed by atoms with Gasteiger partial charge in [-0.25, -0.2) is 9.78 Å². The highest BCUT2D eigenvalue weighted by molar-refractivity contribution is 7.20. The van der Waals surface area contributed by atoms with Crippen LogP contribution in [0.25, 0.3) is 9.88 Å². The van der Waals surface area contributed by atoms with Crippen LogP contribution in [0.1, 0.15) is 27.7 Å². The normalized spacial score (nSPS) is 11.8. The Labute approximate surface area is 158 Å². The van der Waals surface area contributed by atoms with E-state index in [0.717, 1.165) is 21.0 Å². The van der Waals surface area contributed by atoms with Crippen LogP contribution in [0.4, 0.5) is 0 Å². The Morgan fingerprint density at radius 3 is 2.42 bits per heavy atom. The fraction of sp³-hybridized carbons (Fsp3) is 0.0500. The molecule has 1 atom stereocenters. The number of hydrogen-bond donors (Lipinski definition) is 0. The molecule has 4 aromatic rings. The molecule has 0 aliphatic carbocycles. The van der Waals surface area contributed by atoms with E-state index >= 15 is 0 Å². The number of benzene rings is 1. The van der Waals surface area contributed by atoms with E-state index in [1.54, 1.807) is 29.1 Å². The fourth-order valence-electron chi connectivity index (χ4n) is 2.54. The molecule has 0 radical (unpaired) electrons. The number of esters is 1. The van der Waals surface area contributed by atoms with Crippen molar-refractivity contribution in [3.05, 3.63) is 94.6 Å². The van der Waals surface area contributed by atoms with Crippen molar-refractivity contribution in [3.63, 3.8) is 0 Å². The molecule has 4 rings (SSSR count). The zero-order chi connectivity index (χ0) is 17.8. The monoisotopic (exact) mass is 378 g/mol. The molecule has 0 saturated carbocycles. The number of carbonyl (C=O) groups excluding carboxylic acids is 1. The van der Waals surface area contributed by atoms with E-state index in [4.69, 9.17) is 4.74 Å². The summed E-state index contributed by atoms with van der Waals surface area (Å²) in [6, 6.07) is 17.3. The van der Waals surface area contributed by atoms with Crippen LogP contribution >= 0.6 is 22.7 Å². The molecular weight excluding hydrogens is 364 g/mol. The van der Waals surface area contributed by atoms with Crippen LogP contribution in [-0.2, 0) is 4.74 Å². The molecule has 4 nitrogen and oxygen atoms in total. The van der Waals surface area contributed by atoms with Crippen LogP contribution in [0.2, 0.25) is 0 Å². The number of nitrogens with zero attached hydrogens (tertiary/aromatic N) is 2. The SMILES string of the molecule is O=C(OC(c1ccccc1)c1ccncc1)c1csc(-c2cccs2)n1. The maximum Gasteiger partial charge on any atom is 0.358 e. The van der Waals surface area contributed by atoms with Gasteiger partial charge in [-0.15, -0.1) is 22.7 Å². The summed E-state index contributed by atoms with van der Waals surface area (Å²) in [4.78, 5) is 22.2. The van der Waals surface area contributed by atoms with Crippen LogP contribution in [0, 0.1) is 0 Å². The molecule has 26 heavy (non-hydrogen) atoms. The minimum atomic E-state index is -0.501. The first-order valence-electron chi connectivity index (χ1n) is 7.96. The summed E-state index contributed by atoms with van der Waals surface area (Å²) in [6.45, 7) is 0. The van der Waals surface area contributed by atoms with E-state index in [2.05, 4.69) is 9.97 Å². The highest BCUT2D eigenvalue weighted by Gasteiger charge is 2.22. The molecule has 0 spiro atoms. The molecule has 6 heteroatoms. The van der Waals surface area contributed by atoms with Gasteiger partial charge in [-0.05, 0) is 29.1 Å². The summed E-state index contributed by atoms with van der Waals surface area (Å²) in [7, 11) is 0. The average molecular weight is 378 g/mol. The smallest absolute Gasteiger partial charge is 0.358 e. The minimum Gasteiger partial charge on any atom is -0.448 e. The van der Waals surface area contributed by atoms with E-state index < -0.39 is 12.1 Å².